The van der Waals surface area contributed by atoms with E-state index in [1.165, 1.54) is 0 Å². The van der Waals surface area contributed by atoms with Gasteiger partial charge in [0.15, 0.2) is 0 Å². The molecule has 0 aliphatic rings. The second kappa shape index (κ2) is 7.34. The molecule has 0 aliphatic carbocycles. The monoisotopic (exact) mass is 327 g/mol. The molecule has 0 bridgehead atoms. The fourth-order valence-electron chi connectivity index (χ4n) is 2.79. The molecule has 0 unspecified atom stereocenters. The smallest absolute Gasteiger partial charge is 0.340 e. The summed E-state index contributed by atoms with van der Waals surface area (Å²) in [7, 11) is 3.96. The average molecular weight is 327 g/mol. The molecule has 0 amide bonds. The molecule has 1 aromatic carbocycles. The Kier molecular flexibility index (Phi) is 5.44. The van der Waals surface area contributed by atoms with Gasteiger partial charge in [0.1, 0.15) is 11.4 Å². The molecular weight excluding hydrogens is 302 g/mol. The maximum absolute atomic E-state index is 12.0. The number of pyridine rings is 1. The van der Waals surface area contributed by atoms with Crippen LogP contribution in [0.25, 0.3) is 11.1 Å². The van der Waals surface area contributed by atoms with Crippen molar-refractivity contribution in [2.75, 3.05) is 37.0 Å². The van der Waals surface area contributed by atoms with Crippen molar-refractivity contribution < 1.29 is 9.90 Å². The molecular formula is C19H25N3O2. The van der Waals surface area contributed by atoms with Gasteiger partial charge in [0, 0.05) is 44.1 Å². The summed E-state index contributed by atoms with van der Waals surface area (Å²) in [5.41, 5.74) is 3.75. The second-order valence-electron chi connectivity index (χ2n) is 5.93. The fraction of sp³-hybridized carbons (Fsp3) is 0.368. The topological polar surface area (TPSA) is 56.7 Å². The zero-order valence-electron chi connectivity index (χ0n) is 15.0. The Morgan fingerprint density at radius 1 is 1.12 bits per heavy atom. The van der Waals surface area contributed by atoms with E-state index < -0.39 is 5.97 Å². The summed E-state index contributed by atoms with van der Waals surface area (Å²) in [5, 5.41) is 9.81. The van der Waals surface area contributed by atoms with Crippen LogP contribution in [0.1, 0.15) is 29.9 Å². The molecule has 24 heavy (non-hydrogen) atoms. The molecule has 0 saturated carbocycles. The SMILES string of the molecule is CCN(CC)c1nc(C)cc(-c2ccc(N(C)C)cc2)c1C(=O)O. The van der Waals surface area contributed by atoms with Crippen LogP contribution in [0.5, 0.6) is 0 Å². The molecule has 1 heterocycles. The molecule has 0 atom stereocenters. The maximum Gasteiger partial charge on any atom is 0.340 e. The molecule has 5 nitrogen and oxygen atoms in total. The first-order chi connectivity index (χ1) is 11.4. The minimum atomic E-state index is -0.948. The highest BCUT2D eigenvalue weighted by atomic mass is 16.4. The Balaban J connectivity index is 2.66. The van der Waals surface area contributed by atoms with Crippen molar-refractivity contribution in [3.63, 3.8) is 0 Å². The van der Waals surface area contributed by atoms with Crippen LogP contribution in [0.15, 0.2) is 30.3 Å². The Hall–Kier alpha value is -2.56. The lowest BCUT2D eigenvalue weighted by Gasteiger charge is -2.24. The number of benzene rings is 1. The molecule has 0 aliphatic heterocycles. The largest absolute Gasteiger partial charge is 0.478 e. The molecule has 1 aromatic heterocycles. The maximum atomic E-state index is 12.0. The van der Waals surface area contributed by atoms with Crippen LogP contribution in [0, 0.1) is 6.92 Å². The van der Waals surface area contributed by atoms with Crippen LogP contribution in [0.2, 0.25) is 0 Å². The molecule has 5 heteroatoms. The van der Waals surface area contributed by atoms with E-state index in [4.69, 9.17) is 0 Å². The van der Waals surface area contributed by atoms with Gasteiger partial charge in [-0.2, -0.15) is 0 Å². The van der Waals surface area contributed by atoms with Gasteiger partial charge >= 0.3 is 5.97 Å². The number of nitrogens with zero attached hydrogens (tertiary/aromatic N) is 3. The van der Waals surface area contributed by atoms with Crippen LogP contribution in [0.3, 0.4) is 0 Å². The minimum absolute atomic E-state index is 0.266. The lowest BCUT2D eigenvalue weighted by molar-refractivity contribution is 0.0698. The summed E-state index contributed by atoms with van der Waals surface area (Å²) in [5.74, 6) is -0.407. The number of hydrogen-bond acceptors (Lipinski definition) is 4. The standard InChI is InChI=1S/C19H25N3O2/c1-6-22(7-2)18-17(19(23)24)16(12-13(3)20-18)14-8-10-15(11-9-14)21(4)5/h8-12H,6-7H2,1-5H3,(H,23,24). The Morgan fingerprint density at radius 2 is 1.71 bits per heavy atom. The third-order valence-corrected chi connectivity index (χ3v) is 4.10. The Morgan fingerprint density at radius 3 is 2.17 bits per heavy atom. The van der Waals surface area contributed by atoms with Crippen molar-refractivity contribution in [1.82, 2.24) is 4.98 Å². The number of carboxylic acids is 1. The number of aryl methyl sites for hydroxylation is 1. The highest BCUT2D eigenvalue weighted by molar-refractivity contribution is 6.01. The zero-order chi connectivity index (χ0) is 17.9. The number of anilines is 2. The molecule has 0 saturated heterocycles. The van der Waals surface area contributed by atoms with E-state index in [1.807, 2.05) is 75.0 Å². The van der Waals surface area contributed by atoms with Crippen molar-refractivity contribution >= 4 is 17.5 Å². The molecule has 2 rings (SSSR count). The van der Waals surface area contributed by atoms with Gasteiger partial charge in [0.2, 0.25) is 0 Å². The Bertz CT molecular complexity index is 720. The molecule has 0 fully saturated rings. The van der Waals surface area contributed by atoms with Gasteiger partial charge in [0.05, 0.1) is 0 Å². The van der Waals surface area contributed by atoms with E-state index in [9.17, 15) is 9.90 Å². The normalized spacial score (nSPS) is 10.5. The molecule has 0 radical (unpaired) electrons. The van der Waals surface area contributed by atoms with E-state index in [0.29, 0.717) is 24.5 Å². The molecule has 0 spiro atoms. The van der Waals surface area contributed by atoms with E-state index in [2.05, 4.69) is 4.98 Å². The van der Waals surface area contributed by atoms with Gasteiger partial charge in [-0.1, -0.05) is 12.1 Å². The predicted octanol–water partition coefficient (Wildman–Crippen LogP) is 3.67. The number of aromatic nitrogens is 1. The van der Waals surface area contributed by atoms with E-state index >= 15 is 0 Å². The van der Waals surface area contributed by atoms with Gasteiger partial charge < -0.3 is 14.9 Å². The van der Waals surface area contributed by atoms with Gasteiger partial charge in [0.25, 0.3) is 0 Å². The highest BCUT2D eigenvalue weighted by Crippen LogP contribution is 2.32. The van der Waals surface area contributed by atoms with Gasteiger partial charge in [-0.3, -0.25) is 0 Å². The van der Waals surface area contributed by atoms with Crippen molar-refractivity contribution in [3.8, 4) is 11.1 Å². The number of aromatic carboxylic acids is 1. The summed E-state index contributed by atoms with van der Waals surface area (Å²) in [6, 6.07) is 9.76. The third-order valence-electron chi connectivity index (χ3n) is 4.10. The van der Waals surface area contributed by atoms with Crippen LogP contribution >= 0.6 is 0 Å². The van der Waals surface area contributed by atoms with Gasteiger partial charge in [-0.05, 0) is 44.5 Å². The van der Waals surface area contributed by atoms with E-state index in [0.717, 1.165) is 16.9 Å². The summed E-state index contributed by atoms with van der Waals surface area (Å²) < 4.78 is 0. The molecule has 128 valence electrons. The zero-order valence-corrected chi connectivity index (χ0v) is 15.0. The number of carbonyl (C=O) groups is 1. The van der Waals surface area contributed by atoms with E-state index in [1.54, 1.807) is 0 Å². The van der Waals surface area contributed by atoms with Crippen LogP contribution in [0.4, 0.5) is 11.5 Å². The van der Waals surface area contributed by atoms with Crippen molar-refractivity contribution in [1.29, 1.82) is 0 Å². The van der Waals surface area contributed by atoms with Crippen LogP contribution in [-0.2, 0) is 0 Å². The first kappa shape index (κ1) is 17.8. The number of rotatable bonds is 6. The van der Waals surface area contributed by atoms with Crippen molar-refractivity contribution in [2.24, 2.45) is 0 Å². The van der Waals surface area contributed by atoms with Crippen LogP contribution < -0.4 is 9.80 Å². The van der Waals surface area contributed by atoms with Crippen LogP contribution in [-0.4, -0.2) is 43.2 Å². The lowest BCUT2D eigenvalue weighted by Crippen LogP contribution is -2.26. The fourth-order valence-corrected chi connectivity index (χ4v) is 2.79. The lowest BCUT2D eigenvalue weighted by atomic mass is 9.99. The first-order valence-corrected chi connectivity index (χ1v) is 8.16. The molecule has 1 N–H and O–H groups in total. The summed E-state index contributed by atoms with van der Waals surface area (Å²) >= 11 is 0. The van der Waals surface area contributed by atoms with Gasteiger partial charge in [-0.15, -0.1) is 0 Å². The highest BCUT2D eigenvalue weighted by Gasteiger charge is 2.22. The quantitative estimate of drug-likeness (QED) is 0.877. The van der Waals surface area contributed by atoms with Crippen molar-refractivity contribution in [3.05, 3.63) is 41.6 Å². The average Bonchev–Trinajstić information content (AvgIpc) is 2.55. The van der Waals surface area contributed by atoms with Gasteiger partial charge in [-0.25, -0.2) is 9.78 Å². The summed E-state index contributed by atoms with van der Waals surface area (Å²) in [6.45, 7) is 7.34. The number of hydrogen-bond donors (Lipinski definition) is 1. The van der Waals surface area contributed by atoms with E-state index in [-0.39, 0.29) is 5.56 Å². The summed E-state index contributed by atoms with van der Waals surface area (Å²) in [4.78, 5) is 20.5. The first-order valence-electron chi connectivity index (χ1n) is 8.16. The predicted molar refractivity (Wildman–Crippen MR) is 99.3 cm³/mol. The third kappa shape index (κ3) is 3.50. The minimum Gasteiger partial charge on any atom is -0.478 e. The second-order valence-corrected chi connectivity index (χ2v) is 5.93. The Labute approximate surface area is 143 Å². The number of carboxylic acid groups (broad SMARTS) is 1. The van der Waals surface area contributed by atoms with Crippen molar-refractivity contribution in [2.45, 2.75) is 20.8 Å². The molecule has 2 aromatic rings. The summed E-state index contributed by atoms with van der Waals surface area (Å²) in [6.07, 6.45) is 0.